The van der Waals surface area contributed by atoms with Gasteiger partial charge in [0.05, 0.1) is 30.9 Å². The van der Waals surface area contributed by atoms with Gasteiger partial charge in [-0.05, 0) is 36.2 Å². The normalized spacial score (nSPS) is 17.6. The third-order valence-corrected chi connectivity index (χ3v) is 5.54. The Morgan fingerprint density at radius 1 is 1.09 bits per heavy atom. The molecular formula is C23H24ClNO7. The van der Waals surface area contributed by atoms with Gasteiger partial charge in [-0.2, -0.15) is 0 Å². The molecule has 0 radical (unpaired) electrons. The Hall–Kier alpha value is -3.23. The molecule has 1 amide bonds. The summed E-state index contributed by atoms with van der Waals surface area (Å²) in [5.74, 6) is -1.63. The van der Waals surface area contributed by atoms with Gasteiger partial charge in [-0.3, -0.25) is 9.59 Å². The average molecular weight is 462 g/mol. The van der Waals surface area contributed by atoms with Crippen LogP contribution in [0.4, 0.5) is 0 Å². The first-order valence-corrected chi connectivity index (χ1v) is 10.2. The number of hydrogen-bond donors (Lipinski definition) is 2. The molecule has 1 saturated heterocycles. The van der Waals surface area contributed by atoms with Crippen LogP contribution in [0.2, 0.25) is 5.02 Å². The Morgan fingerprint density at radius 3 is 2.31 bits per heavy atom. The van der Waals surface area contributed by atoms with Gasteiger partial charge < -0.3 is 29.3 Å². The summed E-state index contributed by atoms with van der Waals surface area (Å²) in [6, 6.07) is 8.35. The topological polar surface area (TPSA) is 106 Å². The number of likely N-dealkylation sites (tertiary alicyclic amines) is 1. The number of phenols is 1. The third-order valence-electron chi connectivity index (χ3n) is 5.24. The molecule has 0 spiro atoms. The van der Waals surface area contributed by atoms with E-state index in [1.54, 1.807) is 31.4 Å². The van der Waals surface area contributed by atoms with Crippen LogP contribution in [0.3, 0.4) is 0 Å². The number of Topliss-reactive ketones (excluding diaryl/α,β-unsaturated/α-hetero) is 1. The highest BCUT2D eigenvalue weighted by atomic mass is 35.5. The summed E-state index contributed by atoms with van der Waals surface area (Å²) in [7, 11) is 4.39. The highest BCUT2D eigenvalue weighted by Gasteiger charge is 2.46. The predicted octanol–water partition coefficient (Wildman–Crippen LogP) is 3.52. The van der Waals surface area contributed by atoms with Crippen LogP contribution in [0, 0.1) is 0 Å². The number of carbonyl (C=O) groups is 2. The van der Waals surface area contributed by atoms with Gasteiger partial charge in [0.15, 0.2) is 0 Å². The van der Waals surface area contributed by atoms with Crippen molar-refractivity contribution in [2.45, 2.75) is 12.5 Å². The maximum Gasteiger partial charge on any atom is 0.295 e. The number of aliphatic hydroxyl groups excluding tert-OH is 1. The van der Waals surface area contributed by atoms with Crippen LogP contribution in [0.1, 0.15) is 23.6 Å². The Balaban J connectivity index is 2.25. The van der Waals surface area contributed by atoms with Crippen molar-refractivity contribution in [2.24, 2.45) is 0 Å². The molecule has 170 valence electrons. The highest BCUT2D eigenvalue weighted by Crippen LogP contribution is 2.44. The predicted molar refractivity (Wildman–Crippen MR) is 118 cm³/mol. The van der Waals surface area contributed by atoms with Crippen LogP contribution in [-0.2, 0) is 14.3 Å². The number of methoxy groups -OCH3 is 3. The number of nitrogens with zero attached hydrogens (tertiary/aromatic N) is 1. The van der Waals surface area contributed by atoms with Crippen molar-refractivity contribution in [1.29, 1.82) is 0 Å². The van der Waals surface area contributed by atoms with Crippen LogP contribution < -0.4 is 9.47 Å². The van der Waals surface area contributed by atoms with E-state index in [9.17, 15) is 19.8 Å². The van der Waals surface area contributed by atoms with Crippen LogP contribution in [0.25, 0.3) is 5.76 Å². The molecule has 32 heavy (non-hydrogen) atoms. The summed E-state index contributed by atoms with van der Waals surface area (Å²) in [4.78, 5) is 27.4. The Bertz CT molecular complexity index is 1040. The molecule has 0 saturated carbocycles. The van der Waals surface area contributed by atoms with E-state index in [4.69, 9.17) is 25.8 Å². The molecule has 2 aromatic carbocycles. The lowest BCUT2D eigenvalue weighted by molar-refractivity contribution is -0.140. The third kappa shape index (κ3) is 4.24. The second kappa shape index (κ2) is 9.93. The molecule has 3 rings (SSSR count). The Kier molecular flexibility index (Phi) is 7.27. The molecule has 1 fully saturated rings. The van der Waals surface area contributed by atoms with E-state index < -0.39 is 23.5 Å². The fourth-order valence-corrected chi connectivity index (χ4v) is 3.94. The second-order valence-electron chi connectivity index (χ2n) is 7.09. The maximum absolute atomic E-state index is 13.1. The molecule has 0 aliphatic carbocycles. The molecular weight excluding hydrogens is 438 g/mol. The number of halogens is 1. The van der Waals surface area contributed by atoms with Crippen molar-refractivity contribution in [3.63, 3.8) is 0 Å². The zero-order valence-corrected chi connectivity index (χ0v) is 18.7. The van der Waals surface area contributed by atoms with Crippen molar-refractivity contribution in [3.8, 4) is 17.2 Å². The zero-order valence-electron chi connectivity index (χ0n) is 17.9. The quantitative estimate of drug-likeness (QED) is 0.268. The molecule has 8 nitrogen and oxygen atoms in total. The van der Waals surface area contributed by atoms with Gasteiger partial charge in [-0.25, -0.2) is 0 Å². The monoisotopic (exact) mass is 461 g/mol. The van der Waals surface area contributed by atoms with Crippen molar-refractivity contribution in [2.75, 3.05) is 34.5 Å². The van der Waals surface area contributed by atoms with Gasteiger partial charge in [-0.15, -0.1) is 0 Å². The average Bonchev–Trinajstić information content (AvgIpc) is 3.05. The summed E-state index contributed by atoms with van der Waals surface area (Å²) >= 11 is 6.10. The van der Waals surface area contributed by atoms with Crippen molar-refractivity contribution < 1.29 is 34.0 Å². The van der Waals surface area contributed by atoms with Gasteiger partial charge in [0.1, 0.15) is 28.6 Å². The summed E-state index contributed by atoms with van der Waals surface area (Å²) in [5, 5.41) is 21.2. The van der Waals surface area contributed by atoms with Gasteiger partial charge >= 0.3 is 0 Å². The minimum Gasteiger partial charge on any atom is -0.506 e. The lowest BCUT2D eigenvalue weighted by Crippen LogP contribution is -2.31. The first-order valence-electron chi connectivity index (χ1n) is 9.82. The summed E-state index contributed by atoms with van der Waals surface area (Å²) in [6.45, 7) is 0.591. The SMILES string of the molecule is COCCCN1C(=O)C(=O)/C(=C(/O)c2c(OC)cccc2OC)C1c1ccc(O)c(Cl)c1. The van der Waals surface area contributed by atoms with E-state index in [2.05, 4.69) is 0 Å². The van der Waals surface area contributed by atoms with Gasteiger partial charge in [0.2, 0.25) is 0 Å². The minimum absolute atomic E-state index is 0.0554. The van der Waals surface area contributed by atoms with Gasteiger partial charge in [0, 0.05) is 20.3 Å². The zero-order chi connectivity index (χ0) is 23.4. The van der Waals surface area contributed by atoms with E-state index in [1.807, 2.05) is 0 Å². The van der Waals surface area contributed by atoms with Crippen LogP contribution in [-0.4, -0.2) is 61.3 Å². The first kappa shape index (κ1) is 23.4. The molecule has 2 aromatic rings. The molecule has 1 aliphatic rings. The number of aromatic hydroxyl groups is 1. The molecule has 2 N–H and O–H groups in total. The standard InChI is InChI=1S/C23H24ClNO7/c1-30-11-5-10-25-20(13-8-9-15(26)14(24)12-13)19(22(28)23(25)29)21(27)18-16(31-2)6-4-7-17(18)32-3/h4,6-9,12,20,26-27H,5,10-11H2,1-3H3/b21-19+. The summed E-state index contributed by atoms with van der Waals surface area (Å²) in [5.41, 5.74) is 0.485. The smallest absolute Gasteiger partial charge is 0.295 e. The number of carbonyl (C=O) groups excluding carboxylic acids is 2. The van der Waals surface area contributed by atoms with Crippen LogP contribution >= 0.6 is 11.6 Å². The summed E-state index contributed by atoms with van der Waals surface area (Å²) < 4.78 is 15.8. The number of aliphatic hydroxyl groups is 1. The first-order chi connectivity index (χ1) is 15.3. The molecule has 1 unspecified atom stereocenters. The largest absolute Gasteiger partial charge is 0.506 e. The number of hydrogen-bond acceptors (Lipinski definition) is 7. The maximum atomic E-state index is 13.1. The number of ketones is 1. The second-order valence-corrected chi connectivity index (χ2v) is 7.49. The fraction of sp³-hybridized carbons (Fsp3) is 0.304. The molecule has 0 aromatic heterocycles. The van der Waals surface area contributed by atoms with E-state index >= 15 is 0 Å². The fourth-order valence-electron chi connectivity index (χ4n) is 3.75. The lowest BCUT2D eigenvalue weighted by atomic mass is 9.94. The van der Waals surface area contributed by atoms with Crippen LogP contribution in [0.5, 0.6) is 17.2 Å². The van der Waals surface area contributed by atoms with Gasteiger partial charge in [0.25, 0.3) is 11.7 Å². The minimum atomic E-state index is -0.931. The number of rotatable bonds is 8. The number of ether oxygens (including phenoxy) is 3. The van der Waals surface area contributed by atoms with Crippen molar-refractivity contribution in [3.05, 3.63) is 58.1 Å². The Labute approximate surface area is 190 Å². The molecule has 1 atom stereocenters. The van der Waals surface area contributed by atoms with Crippen molar-refractivity contribution in [1.82, 2.24) is 4.90 Å². The van der Waals surface area contributed by atoms with E-state index in [1.165, 1.54) is 31.3 Å². The highest BCUT2D eigenvalue weighted by molar-refractivity contribution is 6.46. The number of amides is 1. The molecule has 0 bridgehead atoms. The van der Waals surface area contributed by atoms with E-state index in [0.717, 1.165) is 0 Å². The number of benzene rings is 2. The molecule has 1 aliphatic heterocycles. The summed E-state index contributed by atoms with van der Waals surface area (Å²) in [6.07, 6.45) is 0.476. The molecule has 9 heteroatoms. The number of phenolic OH excluding ortho intramolecular Hbond substituents is 1. The lowest BCUT2D eigenvalue weighted by Gasteiger charge is -2.25. The van der Waals surface area contributed by atoms with Crippen LogP contribution in [0.15, 0.2) is 42.0 Å². The van der Waals surface area contributed by atoms with E-state index in [0.29, 0.717) is 18.6 Å². The molecule has 1 heterocycles. The van der Waals surface area contributed by atoms with E-state index in [-0.39, 0.29) is 40.0 Å². The Morgan fingerprint density at radius 2 is 1.75 bits per heavy atom. The van der Waals surface area contributed by atoms with Gasteiger partial charge in [-0.1, -0.05) is 23.7 Å². The van der Waals surface area contributed by atoms with Crippen molar-refractivity contribution >= 4 is 29.1 Å².